The smallest absolute Gasteiger partial charge is 0.183 e. The van der Waals surface area contributed by atoms with Crippen LogP contribution >= 0.6 is 0 Å². The quantitative estimate of drug-likeness (QED) is 0.396. The molecule has 0 saturated carbocycles. The number of nitrogens with two attached hydrogens (primary N) is 2. The second-order valence-corrected chi connectivity index (χ2v) is 7.22. The van der Waals surface area contributed by atoms with Gasteiger partial charge in [0.1, 0.15) is 5.69 Å². The molecule has 3 aromatic rings. The Balaban J connectivity index is 1.78. The maximum Gasteiger partial charge on any atom is 0.183 e. The molecule has 4 N–H and O–H groups in total. The van der Waals surface area contributed by atoms with E-state index >= 15 is 0 Å². The lowest BCUT2D eigenvalue weighted by atomic mass is 10.0. The van der Waals surface area contributed by atoms with Gasteiger partial charge in [-0.2, -0.15) is 10.4 Å². The standard InChI is InChI=1S/C23H26N6O/c24-15-17-9-11-18(12-10-17)21-14-20(28-29(21)23-8-4-5-13-27-23)22(30)7-3-1-2-6-19(26)16-25/h4-5,8-14,19H,1-3,6-7,16,25-26H2/t19-/m1/s1. The largest absolute Gasteiger partial charge is 0.329 e. The van der Waals surface area contributed by atoms with Gasteiger partial charge in [0, 0.05) is 30.8 Å². The third-order valence-corrected chi connectivity index (χ3v) is 4.95. The van der Waals surface area contributed by atoms with Crippen LogP contribution in [0.5, 0.6) is 0 Å². The lowest BCUT2D eigenvalue weighted by molar-refractivity contribution is 0.0974. The Kier molecular flexibility index (Phi) is 7.44. The molecular formula is C23H26N6O. The molecule has 7 heteroatoms. The van der Waals surface area contributed by atoms with Gasteiger partial charge >= 0.3 is 0 Å². The first-order chi connectivity index (χ1) is 14.6. The van der Waals surface area contributed by atoms with Crippen molar-refractivity contribution >= 4 is 5.78 Å². The Morgan fingerprint density at radius 2 is 1.93 bits per heavy atom. The number of pyridine rings is 1. The van der Waals surface area contributed by atoms with E-state index in [1.54, 1.807) is 29.1 Å². The van der Waals surface area contributed by atoms with E-state index in [1.807, 2.05) is 30.3 Å². The molecule has 0 aliphatic carbocycles. The van der Waals surface area contributed by atoms with Crippen LogP contribution in [0.2, 0.25) is 0 Å². The molecule has 0 spiro atoms. The summed E-state index contributed by atoms with van der Waals surface area (Å²) in [5.74, 6) is 0.634. The molecule has 0 unspecified atom stereocenters. The zero-order valence-electron chi connectivity index (χ0n) is 16.9. The minimum Gasteiger partial charge on any atom is -0.329 e. The van der Waals surface area contributed by atoms with Crippen LogP contribution in [0, 0.1) is 11.3 Å². The van der Waals surface area contributed by atoms with Crippen molar-refractivity contribution in [1.29, 1.82) is 5.26 Å². The molecule has 2 aromatic heterocycles. The van der Waals surface area contributed by atoms with Crippen LogP contribution in [0.4, 0.5) is 0 Å². The first-order valence-electron chi connectivity index (χ1n) is 10.1. The third kappa shape index (κ3) is 5.38. The van der Waals surface area contributed by atoms with Gasteiger partial charge in [-0.05, 0) is 43.2 Å². The van der Waals surface area contributed by atoms with Crippen molar-refractivity contribution in [2.75, 3.05) is 6.54 Å². The van der Waals surface area contributed by atoms with Gasteiger partial charge in [0.05, 0.1) is 17.3 Å². The van der Waals surface area contributed by atoms with E-state index in [1.165, 1.54) is 0 Å². The highest BCUT2D eigenvalue weighted by Gasteiger charge is 2.17. The number of ketones is 1. The molecule has 0 aliphatic heterocycles. The number of nitriles is 1. The van der Waals surface area contributed by atoms with Gasteiger partial charge in [-0.15, -0.1) is 0 Å². The number of unbranched alkanes of at least 4 members (excludes halogenated alkanes) is 2. The van der Waals surface area contributed by atoms with Crippen molar-refractivity contribution in [3.8, 4) is 23.1 Å². The normalized spacial score (nSPS) is 11.8. The van der Waals surface area contributed by atoms with Crippen molar-refractivity contribution in [3.05, 3.63) is 66.0 Å². The number of aromatic nitrogens is 3. The fraction of sp³-hybridized carbons (Fsp3) is 0.304. The molecule has 7 nitrogen and oxygen atoms in total. The monoisotopic (exact) mass is 402 g/mol. The molecule has 154 valence electrons. The van der Waals surface area contributed by atoms with E-state index in [4.69, 9.17) is 16.7 Å². The van der Waals surface area contributed by atoms with Gasteiger partial charge < -0.3 is 11.5 Å². The third-order valence-electron chi connectivity index (χ3n) is 4.95. The van der Waals surface area contributed by atoms with Crippen LogP contribution in [0.25, 0.3) is 17.1 Å². The van der Waals surface area contributed by atoms with Crippen LogP contribution in [0.15, 0.2) is 54.7 Å². The van der Waals surface area contributed by atoms with Gasteiger partial charge in [-0.1, -0.05) is 31.0 Å². The summed E-state index contributed by atoms with van der Waals surface area (Å²) in [6.45, 7) is 0.488. The number of carbonyl (C=O) groups is 1. The van der Waals surface area contributed by atoms with Gasteiger partial charge in [0.15, 0.2) is 11.6 Å². The zero-order chi connectivity index (χ0) is 21.3. The lowest BCUT2D eigenvalue weighted by Crippen LogP contribution is -2.29. The fourth-order valence-corrected chi connectivity index (χ4v) is 3.21. The van der Waals surface area contributed by atoms with E-state index in [-0.39, 0.29) is 11.8 Å². The highest BCUT2D eigenvalue weighted by atomic mass is 16.1. The number of benzene rings is 1. The highest BCUT2D eigenvalue weighted by molar-refractivity contribution is 5.95. The zero-order valence-corrected chi connectivity index (χ0v) is 16.9. The minimum atomic E-state index is 0.00250. The maximum atomic E-state index is 12.7. The van der Waals surface area contributed by atoms with Crippen molar-refractivity contribution in [2.45, 2.75) is 38.1 Å². The van der Waals surface area contributed by atoms with E-state index in [0.29, 0.717) is 30.0 Å². The molecule has 1 aromatic carbocycles. The van der Waals surface area contributed by atoms with Gasteiger partial charge in [0.2, 0.25) is 0 Å². The molecule has 0 amide bonds. The Labute approximate surface area is 176 Å². The van der Waals surface area contributed by atoms with E-state index in [2.05, 4.69) is 16.2 Å². The van der Waals surface area contributed by atoms with Crippen molar-refractivity contribution in [2.24, 2.45) is 11.5 Å². The predicted octanol–water partition coefficient (Wildman–Crippen LogP) is 3.23. The second-order valence-electron chi connectivity index (χ2n) is 7.22. The summed E-state index contributed by atoms with van der Waals surface area (Å²) in [6.07, 6.45) is 5.69. The summed E-state index contributed by atoms with van der Waals surface area (Å²) in [5, 5.41) is 13.6. The highest BCUT2D eigenvalue weighted by Crippen LogP contribution is 2.24. The fourth-order valence-electron chi connectivity index (χ4n) is 3.21. The van der Waals surface area contributed by atoms with Gasteiger partial charge in [0.25, 0.3) is 0 Å². The number of hydrogen-bond acceptors (Lipinski definition) is 6. The molecular weight excluding hydrogens is 376 g/mol. The predicted molar refractivity (Wildman–Crippen MR) is 116 cm³/mol. The van der Waals surface area contributed by atoms with Crippen LogP contribution in [0.1, 0.15) is 48.2 Å². The van der Waals surface area contributed by atoms with E-state index in [9.17, 15) is 4.79 Å². The summed E-state index contributed by atoms with van der Waals surface area (Å²) in [7, 11) is 0. The average Bonchev–Trinajstić information content (AvgIpc) is 3.25. The number of rotatable bonds is 10. The Morgan fingerprint density at radius 3 is 2.60 bits per heavy atom. The second kappa shape index (κ2) is 10.4. The number of nitrogens with zero attached hydrogens (tertiary/aromatic N) is 4. The molecule has 1 atom stereocenters. The molecule has 0 saturated heterocycles. The molecule has 0 bridgehead atoms. The van der Waals surface area contributed by atoms with Crippen LogP contribution < -0.4 is 11.5 Å². The van der Waals surface area contributed by atoms with E-state index in [0.717, 1.165) is 36.9 Å². The Morgan fingerprint density at radius 1 is 1.13 bits per heavy atom. The number of hydrogen-bond donors (Lipinski definition) is 2. The summed E-state index contributed by atoms with van der Waals surface area (Å²) in [5.41, 5.74) is 14.0. The molecule has 0 aliphatic rings. The Bertz CT molecular complexity index is 1000. The van der Waals surface area contributed by atoms with Crippen molar-refractivity contribution in [3.63, 3.8) is 0 Å². The maximum absolute atomic E-state index is 12.7. The molecule has 30 heavy (non-hydrogen) atoms. The van der Waals surface area contributed by atoms with Crippen molar-refractivity contribution < 1.29 is 4.79 Å². The molecule has 2 heterocycles. The number of Topliss-reactive ketones (excluding diaryl/α,β-unsaturated/α-hetero) is 1. The summed E-state index contributed by atoms with van der Waals surface area (Å²) in [4.78, 5) is 17.1. The van der Waals surface area contributed by atoms with Gasteiger partial charge in [-0.3, -0.25) is 4.79 Å². The topological polar surface area (TPSA) is 124 Å². The van der Waals surface area contributed by atoms with E-state index < -0.39 is 0 Å². The SMILES string of the molecule is N#Cc1ccc(-c2cc(C(=O)CCCCC[C@@H](N)CN)nn2-c2ccccn2)cc1. The van der Waals surface area contributed by atoms with Crippen LogP contribution in [0.3, 0.4) is 0 Å². The minimum absolute atomic E-state index is 0.00250. The van der Waals surface area contributed by atoms with Gasteiger partial charge in [-0.25, -0.2) is 9.67 Å². The summed E-state index contributed by atoms with van der Waals surface area (Å²) < 4.78 is 1.68. The van der Waals surface area contributed by atoms with Crippen LogP contribution in [-0.4, -0.2) is 33.1 Å². The first kappa shape index (κ1) is 21.4. The average molecular weight is 403 g/mol. The molecule has 0 radical (unpaired) electrons. The number of carbonyl (C=O) groups excluding carboxylic acids is 1. The lowest BCUT2D eigenvalue weighted by Gasteiger charge is -2.07. The summed E-state index contributed by atoms with van der Waals surface area (Å²) >= 11 is 0. The van der Waals surface area contributed by atoms with Crippen LogP contribution in [-0.2, 0) is 0 Å². The molecule has 3 rings (SSSR count). The van der Waals surface area contributed by atoms with Crippen molar-refractivity contribution in [1.82, 2.24) is 14.8 Å². The summed E-state index contributed by atoms with van der Waals surface area (Å²) in [6, 6.07) is 16.7. The first-order valence-corrected chi connectivity index (χ1v) is 10.1. The molecule has 0 fully saturated rings. The Hall–Kier alpha value is -3.34.